The molecule has 0 spiro atoms. The second-order valence-electron chi connectivity index (χ2n) is 5.48. The molecule has 1 heterocycles. The highest BCUT2D eigenvalue weighted by atomic mass is 79.9. The number of carbonyl (C=O) groups is 2. The molecule has 1 aliphatic rings. The van der Waals surface area contributed by atoms with Crippen LogP contribution >= 0.6 is 15.9 Å². The fraction of sp³-hybridized carbons (Fsp3) is 0.429. The lowest BCUT2D eigenvalue weighted by atomic mass is 9.81. The summed E-state index contributed by atoms with van der Waals surface area (Å²) in [6.45, 7) is 4.27. The van der Waals surface area contributed by atoms with Crippen molar-refractivity contribution in [3.63, 3.8) is 0 Å². The van der Waals surface area contributed by atoms with Gasteiger partial charge < -0.3 is 0 Å². The quantitative estimate of drug-likeness (QED) is 0.787. The number of hydrogen-bond donors (Lipinski definition) is 0. The van der Waals surface area contributed by atoms with Gasteiger partial charge in [-0.15, -0.1) is 0 Å². The average molecular weight is 310 g/mol. The van der Waals surface area contributed by atoms with Gasteiger partial charge in [0.2, 0.25) is 11.8 Å². The average Bonchev–Trinajstić information content (AvgIpc) is 2.24. The molecule has 0 atom stereocenters. The van der Waals surface area contributed by atoms with E-state index in [0.717, 1.165) is 10.0 Å². The van der Waals surface area contributed by atoms with Gasteiger partial charge in [-0.25, -0.2) is 0 Å². The zero-order valence-corrected chi connectivity index (χ0v) is 12.2. The maximum absolute atomic E-state index is 12.0. The number of piperidine rings is 1. The van der Waals surface area contributed by atoms with E-state index in [1.165, 1.54) is 4.90 Å². The molecule has 2 rings (SSSR count). The van der Waals surface area contributed by atoms with E-state index in [4.69, 9.17) is 0 Å². The summed E-state index contributed by atoms with van der Waals surface area (Å²) in [4.78, 5) is 25.4. The molecule has 0 aromatic heterocycles. The highest BCUT2D eigenvalue weighted by Gasteiger charge is 2.37. The van der Waals surface area contributed by atoms with E-state index in [2.05, 4.69) is 15.9 Å². The predicted molar refractivity (Wildman–Crippen MR) is 72.7 cm³/mol. The van der Waals surface area contributed by atoms with Crippen molar-refractivity contribution in [3.05, 3.63) is 34.3 Å². The Morgan fingerprint density at radius 1 is 1.17 bits per heavy atom. The minimum absolute atomic E-state index is 0.0768. The van der Waals surface area contributed by atoms with Crippen molar-refractivity contribution >= 4 is 27.7 Å². The Morgan fingerprint density at radius 3 is 2.28 bits per heavy atom. The van der Waals surface area contributed by atoms with Crippen LogP contribution in [0.3, 0.4) is 0 Å². The van der Waals surface area contributed by atoms with Crippen molar-refractivity contribution in [2.75, 3.05) is 0 Å². The molecule has 1 fully saturated rings. The molecule has 96 valence electrons. The smallest absolute Gasteiger partial charge is 0.230 e. The predicted octanol–water partition coefficient (Wildman–Crippen LogP) is 3.12. The van der Waals surface area contributed by atoms with Crippen molar-refractivity contribution in [1.82, 2.24) is 4.90 Å². The number of benzene rings is 1. The number of halogens is 1. The minimum Gasteiger partial charge on any atom is -0.278 e. The summed E-state index contributed by atoms with van der Waals surface area (Å²) in [6, 6.07) is 7.65. The van der Waals surface area contributed by atoms with Crippen LogP contribution in [0.25, 0.3) is 0 Å². The molecular formula is C14H16BrNO2. The Labute approximate surface area is 115 Å². The number of hydrogen-bond acceptors (Lipinski definition) is 2. The van der Waals surface area contributed by atoms with Gasteiger partial charge in [-0.2, -0.15) is 0 Å². The molecule has 0 unspecified atom stereocenters. The van der Waals surface area contributed by atoms with E-state index in [1.807, 2.05) is 38.1 Å². The number of rotatable bonds is 2. The van der Waals surface area contributed by atoms with Crippen LogP contribution in [0.5, 0.6) is 0 Å². The molecule has 1 saturated heterocycles. The normalized spacial score (nSPS) is 19.2. The van der Waals surface area contributed by atoms with Gasteiger partial charge in [-0.05, 0) is 17.0 Å². The Balaban J connectivity index is 2.18. The summed E-state index contributed by atoms with van der Waals surface area (Å²) in [5.74, 6) is -0.154. The van der Waals surface area contributed by atoms with E-state index in [1.54, 1.807) is 0 Å². The summed E-state index contributed by atoms with van der Waals surface area (Å²) in [7, 11) is 0. The maximum atomic E-state index is 12.0. The molecule has 1 aliphatic heterocycles. The molecule has 0 saturated carbocycles. The van der Waals surface area contributed by atoms with Crippen molar-refractivity contribution < 1.29 is 9.59 Å². The number of amides is 2. The van der Waals surface area contributed by atoms with Crippen molar-refractivity contribution in [2.45, 2.75) is 33.2 Å². The van der Waals surface area contributed by atoms with Gasteiger partial charge in [0.1, 0.15) is 0 Å². The molecule has 0 aliphatic carbocycles. The molecular weight excluding hydrogens is 294 g/mol. The van der Waals surface area contributed by atoms with E-state index in [0.29, 0.717) is 19.4 Å². The molecule has 18 heavy (non-hydrogen) atoms. The Morgan fingerprint density at radius 2 is 1.72 bits per heavy atom. The van der Waals surface area contributed by atoms with Crippen molar-refractivity contribution in [3.8, 4) is 0 Å². The van der Waals surface area contributed by atoms with Gasteiger partial charge in [0.25, 0.3) is 0 Å². The van der Waals surface area contributed by atoms with Gasteiger partial charge in [0, 0.05) is 17.3 Å². The van der Waals surface area contributed by atoms with Crippen molar-refractivity contribution in [1.29, 1.82) is 0 Å². The molecule has 1 aromatic carbocycles. The van der Waals surface area contributed by atoms with Crippen molar-refractivity contribution in [2.24, 2.45) is 5.41 Å². The second kappa shape index (κ2) is 4.84. The highest BCUT2D eigenvalue weighted by molar-refractivity contribution is 9.10. The fourth-order valence-electron chi connectivity index (χ4n) is 2.18. The summed E-state index contributed by atoms with van der Waals surface area (Å²) < 4.78 is 0.926. The first-order chi connectivity index (χ1) is 8.39. The van der Waals surface area contributed by atoms with E-state index in [9.17, 15) is 9.59 Å². The second-order valence-corrected chi connectivity index (χ2v) is 6.34. The monoisotopic (exact) mass is 309 g/mol. The molecule has 0 radical (unpaired) electrons. The number of likely N-dealkylation sites (tertiary alicyclic amines) is 1. The third-order valence-corrected chi connectivity index (χ3v) is 3.92. The van der Waals surface area contributed by atoms with Crippen LogP contribution in [0.15, 0.2) is 28.7 Å². The molecule has 4 heteroatoms. The Bertz CT molecular complexity index is 476. The van der Waals surface area contributed by atoms with Crippen LogP contribution in [0.1, 0.15) is 32.3 Å². The van der Waals surface area contributed by atoms with Crippen LogP contribution in [-0.4, -0.2) is 16.7 Å². The summed E-state index contributed by atoms with van der Waals surface area (Å²) in [6.07, 6.45) is 0.867. The Hall–Kier alpha value is -1.16. The topological polar surface area (TPSA) is 37.4 Å². The van der Waals surface area contributed by atoms with Gasteiger partial charge in [-0.3, -0.25) is 14.5 Å². The first-order valence-corrected chi connectivity index (χ1v) is 6.75. The zero-order valence-electron chi connectivity index (χ0n) is 10.6. The van der Waals surface area contributed by atoms with Crippen LogP contribution in [0, 0.1) is 5.41 Å². The summed E-state index contributed by atoms with van der Waals surface area (Å²) >= 11 is 3.44. The third kappa shape index (κ3) is 2.80. The maximum Gasteiger partial charge on any atom is 0.230 e. The first-order valence-electron chi connectivity index (χ1n) is 5.96. The zero-order chi connectivity index (χ0) is 13.3. The van der Waals surface area contributed by atoms with Crippen LogP contribution in [0.4, 0.5) is 0 Å². The standard InChI is InChI=1S/C14H16BrNO2/c1-14(2)7-12(17)16(13(18)8-14)9-10-5-3-4-6-11(10)15/h3-6H,7-9H2,1-2H3. The first kappa shape index (κ1) is 13.3. The van der Waals surface area contributed by atoms with Gasteiger partial charge in [0.15, 0.2) is 0 Å². The van der Waals surface area contributed by atoms with Gasteiger partial charge in [-0.1, -0.05) is 48.0 Å². The summed E-state index contributed by atoms with van der Waals surface area (Å²) in [5.41, 5.74) is 0.748. The molecule has 3 nitrogen and oxygen atoms in total. The summed E-state index contributed by atoms with van der Waals surface area (Å²) in [5, 5.41) is 0. The number of nitrogens with zero attached hydrogens (tertiary/aromatic N) is 1. The SMILES string of the molecule is CC1(C)CC(=O)N(Cc2ccccc2Br)C(=O)C1. The highest BCUT2D eigenvalue weighted by Crippen LogP contribution is 2.32. The van der Waals surface area contributed by atoms with Gasteiger partial charge in [0.05, 0.1) is 6.54 Å². The molecule has 0 N–H and O–H groups in total. The van der Waals surface area contributed by atoms with E-state index >= 15 is 0 Å². The minimum atomic E-state index is -0.210. The van der Waals surface area contributed by atoms with Gasteiger partial charge >= 0.3 is 0 Å². The lowest BCUT2D eigenvalue weighted by Gasteiger charge is -2.34. The van der Waals surface area contributed by atoms with Crippen LogP contribution in [-0.2, 0) is 16.1 Å². The molecule has 2 amide bonds. The lowest BCUT2D eigenvalue weighted by molar-refractivity contribution is -0.153. The van der Waals surface area contributed by atoms with E-state index < -0.39 is 0 Å². The van der Waals surface area contributed by atoms with E-state index in [-0.39, 0.29) is 17.2 Å². The number of imide groups is 1. The molecule has 1 aromatic rings. The Kier molecular flexibility index (Phi) is 3.57. The van der Waals surface area contributed by atoms with Crippen LogP contribution < -0.4 is 0 Å². The lowest BCUT2D eigenvalue weighted by Crippen LogP contribution is -2.45. The third-order valence-electron chi connectivity index (χ3n) is 3.15. The molecule has 0 bridgehead atoms. The largest absolute Gasteiger partial charge is 0.278 e. The number of carbonyl (C=O) groups excluding carboxylic acids is 2. The fourth-order valence-corrected chi connectivity index (χ4v) is 2.59. The van der Waals surface area contributed by atoms with Crippen LogP contribution in [0.2, 0.25) is 0 Å².